The molecular formula is C16H12F3N3. The van der Waals surface area contributed by atoms with Crippen molar-refractivity contribution in [3.8, 4) is 0 Å². The largest absolute Gasteiger partial charge is 0.412 e. The Balaban J connectivity index is 2.03. The van der Waals surface area contributed by atoms with E-state index >= 15 is 0 Å². The number of alkyl halides is 3. The summed E-state index contributed by atoms with van der Waals surface area (Å²) in [4.78, 5) is 7.93. The molecule has 0 radical (unpaired) electrons. The van der Waals surface area contributed by atoms with Gasteiger partial charge in [-0.25, -0.2) is 0 Å². The van der Waals surface area contributed by atoms with Gasteiger partial charge in [-0.3, -0.25) is 9.97 Å². The van der Waals surface area contributed by atoms with E-state index in [9.17, 15) is 13.2 Å². The number of fused-ring (bicyclic) bond motifs is 1. The molecule has 22 heavy (non-hydrogen) atoms. The lowest BCUT2D eigenvalue weighted by atomic mass is 10.1. The zero-order valence-electron chi connectivity index (χ0n) is 11.4. The summed E-state index contributed by atoms with van der Waals surface area (Å²) in [5, 5.41) is 3.33. The van der Waals surface area contributed by atoms with Crippen molar-refractivity contribution in [1.82, 2.24) is 9.97 Å². The Morgan fingerprint density at radius 3 is 2.45 bits per heavy atom. The standard InChI is InChI=1S/C16H12F3N3/c17-16(18,19)15(12-6-2-8-20-10-12)22-13-7-1-4-11-5-3-9-21-14(11)13/h1-10,15,22H. The van der Waals surface area contributed by atoms with Crippen molar-refractivity contribution in [2.45, 2.75) is 12.2 Å². The first-order chi connectivity index (χ1) is 10.6. The van der Waals surface area contributed by atoms with Crippen molar-refractivity contribution in [3.05, 3.63) is 66.6 Å². The Kier molecular flexibility index (Phi) is 3.66. The van der Waals surface area contributed by atoms with Crippen LogP contribution in [0.4, 0.5) is 18.9 Å². The molecule has 2 heterocycles. The normalized spacial score (nSPS) is 13.0. The minimum Gasteiger partial charge on any atom is -0.369 e. The van der Waals surface area contributed by atoms with Gasteiger partial charge in [-0.1, -0.05) is 24.3 Å². The van der Waals surface area contributed by atoms with Gasteiger partial charge in [0.05, 0.1) is 11.2 Å². The van der Waals surface area contributed by atoms with Gasteiger partial charge in [0.2, 0.25) is 0 Å². The van der Waals surface area contributed by atoms with Crippen LogP contribution in [0.1, 0.15) is 11.6 Å². The van der Waals surface area contributed by atoms with Crippen molar-refractivity contribution in [1.29, 1.82) is 0 Å². The molecule has 0 fully saturated rings. The molecule has 0 amide bonds. The minimum atomic E-state index is -4.44. The molecule has 1 unspecified atom stereocenters. The number of nitrogens with one attached hydrogen (secondary N) is 1. The van der Waals surface area contributed by atoms with Crippen molar-refractivity contribution in [2.24, 2.45) is 0 Å². The number of aromatic nitrogens is 2. The van der Waals surface area contributed by atoms with E-state index < -0.39 is 12.2 Å². The second-order valence-electron chi connectivity index (χ2n) is 4.79. The van der Waals surface area contributed by atoms with Crippen LogP contribution in [0.2, 0.25) is 0 Å². The summed E-state index contributed by atoms with van der Waals surface area (Å²) in [6.07, 6.45) is -0.236. The van der Waals surface area contributed by atoms with E-state index in [1.807, 2.05) is 0 Å². The molecule has 3 rings (SSSR count). The summed E-state index contributed by atoms with van der Waals surface area (Å²) >= 11 is 0. The second-order valence-corrected chi connectivity index (χ2v) is 4.79. The highest BCUT2D eigenvalue weighted by Gasteiger charge is 2.41. The molecule has 1 aromatic carbocycles. The molecule has 112 valence electrons. The van der Waals surface area contributed by atoms with Gasteiger partial charge in [0.1, 0.15) is 6.04 Å². The first kappa shape index (κ1) is 14.3. The predicted molar refractivity (Wildman–Crippen MR) is 78.4 cm³/mol. The maximum Gasteiger partial charge on any atom is 0.412 e. The summed E-state index contributed by atoms with van der Waals surface area (Å²) in [5.41, 5.74) is 0.898. The van der Waals surface area contributed by atoms with Gasteiger partial charge < -0.3 is 5.32 Å². The highest BCUT2D eigenvalue weighted by atomic mass is 19.4. The number of para-hydroxylation sites is 1. The van der Waals surface area contributed by atoms with E-state index in [1.54, 1.807) is 36.5 Å². The van der Waals surface area contributed by atoms with Crippen LogP contribution in [0.15, 0.2) is 61.1 Å². The number of rotatable bonds is 3. The van der Waals surface area contributed by atoms with Crippen molar-refractivity contribution in [3.63, 3.8) is 0 Å². The van der Waals surface area contributed by atoms with Crippen LogP contribution in [0.3, 0.4) is 0 Å². The molecule has 6 heteroatoms. The Morgan fingerprint density at radius 2 is 1.73 bits per heavy atom. The van der Waals surface area contributed by atoms with Crippen molar-refractivity contribution < 1.29 is 13.2 Å². The first-order valence-corrected chi connectivity index (χ1v) is 6.62. The highest BCUT2D eigenvalue weighted by Crippen LogP contribution is 2.36. The maximum absolute atomic E-state index is 13.4. The number of halogens is 3. The lowest BCUT2D eigenvalue weighted by Gasteiger charge is -2.23. The number of hydrogen-bond donors (Lipinski definition) is 1. The molecule has 0 saturated heterocycles. The molecule has 0 bridgehead atoms. The van der Waals surface area contributed by atoms with Crippen LogP contribution in [0, 0.1) is 0 Å². The Bertz CT molecular complexity index is 767. The Hall–Kier alpha value is -2.63. The summed E-state index contributed by atoms with van der Waals surface area (Å²) in [6, 6.07) is 9.68. The third-order valence-corrected chi connectivity index (χ3v) is 3.28. The molecule has 1 N–H and O–H groups in total. The summed E-state index contributed by atoms with van der Waals surface area (Å²) in [7, 11) is 0. The van der Waals surface area contributed by atoms with E-state index in [0.29, 0.717) is 11.2 Å². The van der Waals surface area contributed by atoms with Crippen molar-refractivity contribution in [2.75, 3.05) is 5.32 Å². The zero-order valence-corrected chi connectivity index (χ0v) is 11.4. The molecule has 0 aliphatic rings. The van der Waals surface area contributed by atoms with Gasteiger partial charge in [0.25, 0.3) is 0 Å². The monoisotopic (exact) mass is 303 g/mol. The van der Waals surface area contributed by atoms with Gasteiger partial charge in [0, 0.05) is 29.5 Å². The fourth-order valence-corrected chi connectivity index (χ4v) is 2.28. The number of nitrogens with zero attached hydrogens (tertiary/aromatic N) is 2. The van der Waals surface area contributed by atoms with E-state index in [0.717, 1.165) is 5.39 Å². The predicted octanol–water partition coefficient (Wildman–Crippen LogP) is 4.35. The Morgan fingerprint density at radius 1 is 0.955 bits per heavy atom. The van der Waals surface area contributed by atoms with E-state index in [4.69, 9.17) is 0 Å². The van der Waals surface area contributed by atoms with E-state index in [1.165, 1.54) is 24.5 Å². The second kappa shape index (κ2) is 5.63. The van der Waals surface area contributed by atoms with Crippen LogP contribution in [-0.4, -0.2) is 16.1 Å². The minimum absolute atomic E-state index is 0.0583. The molecule has 1 atom stereocenters. The smallest absolute Gasteiger partial charge is 0.369 e. The van der Waals surface area contributed by atoms with Gasteiger partial charge >= 0.3 is 6.18 Å². The third kappa shape index (κ3) is 2.86. The van der Waals surface area contributed by atoms with Gasteiger partial charge in [-0.15, -0.1) is 0 Å². The van der Waals surface area contributed by atoms with E-state index in [2.05, 4.69) is 15.3 Å². The third-order valence-electron chi connectivity index (χ3n) is 3.28. The van der Waals surface area contributed by atoms with Crippen LogP contribution < -0.4 is 5.32 Å². The van der Waals surface area contributed by atoms with Crippen molar-refractivity contribution >= 4 is 16.6 Å². The molecule has 0 spiro atoms. The Labute approximate surface area is 124 Å². The summed E-state index contributed by atoms with van der Waals surface area (Å²) in [6.45, 7) is 0. The lowest BCUT2D eigenvalue weighted by Crippen LogP contribution is -2.28. The molecule has 3 aromatic rings. The number of hydrogen-bond acceptors (Lipinski definition) is 3. The van der Waals surface area contributed by atoms with Crippen LogP contribution in [0.5, 0.6) is 0 Å². The van der Waals surface area contributed by atoms with Crippen LogP contribution in [-0.2, 0) is 0 Å². The van der Waals surface area contributed by atoms with Gasteiger partial charge in [0.15, 0.2) is 0 Å². The number of pyridine rings is 2. The average Bonchev–Trinajstić information content (AvgIpc) is 2.52. The fourth-order valence-electron chi connectivity index (χ4n) is 2.28. The highest BCUT2D eigenvalue weighted by molar-refractivity contribution is 5.90. The molecule has 0 aliphatic heterocycles. The van der Waals surface area contributed by atoms with Crippen LogP contribution >= 0.6 is 0 Å². The first-order valence-electron chi connectivity index (χ1n) is 6.62. The number of benzene rings is 1. The van der Waals surface area contributed by atoms with Gasteiger partial charge in [-0.05, 0) is 18.2 Å². The molecule has 0 saturated carbocycles. The summed E-state index contributed by atoms with van der Waals surface area (Å²) < 4.78 is 40.1. The zero-order chi connectivity index (χ0) is 15.6. The molecule has 0 aliphatic carbocycles. The van der Waals surface area contributed by atoms with Gasteiger partial charge in [-0.2, -0.15) is 13.2 Å². The quantitative estimate of drug-likeness (QED) is 0.782. The lowest BCUT2D eigenvalue weighted by molar-refractivity contribution is -0.144. The maximum atomic E-state index is 13.4. The molecular weight excluding hydrogens is 291 g/mol. The van der Waals surface area contributed by atoms with E-state index in [-0.39, 0.29) is 5.56 Å². The van der Waals surface area contributed by atoms with Crippen LogP contribution in [0.25, 0.3) is 10.9 Å². The fraction of sp³-hybridized carbons (Fsp3) is 0.125. The average molecular weight is 303 g/mol. The number of anilines is 1. The summed E-state index contributed by atoms with van der Waals surface area (Å²) in [5.74, 6) is 0. The SMILES string of the molecule is FC(F)(F)C(Nc1cccc2cccnc12)c1cccnc1. The topological polar surface area (TPSA) is 37.8 Å². The molecule has 3 nitrogen and oxygen atoms in total. The molecule has 2 aromatic heterocycles.